The largest absolute Gasteiger partial charge is 0.497 e. The van der Waals surface area contributed by atoms with Crippen molar-refractivity contribution in [1.29, 1.82) is 0 Å². The molecule has 23 heavy (non-hydrogen) atoms. The van der Waals surface area contributed by atoms with E-state index in [2.05, 4.69) is 9.97 Å². The molecule has 9 heteroatoms. The van der Waals surface area contributed by atoms with E-state index < -0.39 is 17.4 Å². The van der Waals surface area contributed by atoms with Crippen molar-refractivity contribution in [2.24, 2.45) is 0 Å². The molecule has 2 rings (SSSR count). The maximum absolute atomic E-state index is 12.6. The van der Waals surface area contributed by atoms with Gasteiger partial charge in [-0.3, -0.25) is 9.59 Å². The van der Waals surface area contributed by atoms with E-state index in [4.69, 9.17) is 4.74 Å². The zero-order chi connectivity index (χ0) is 17.0. The Morgan fingerprint density at radius 2 is 1.96 bits per heavy atom. The van der Waals surface area contributed by atoms with E-state index in [1.54, 1.807) is 24.3 Å². The number of alkyl halides is 3. The fourth-order valence-electron chi connectivity index (χ4n) is 1.64. The summed E-state index contributed by atoms with van der Waals surface area (Å²) >= 11 is 0.730. The minimum atomic E-state index is -4.72. The van der Waals surface area contributed by atoms with Gasteiger partial charge in [0, 0.05) is 11.6 Å². The van der Waals surface area contributed by atoms with Crippen LogP contribution in [0.25, 0.3) is 0 Å². The van der Waals surface area contributed by atoms with Gasteiger partial charge in [0.05, 0.1) is 12.9 Å². The number of aromatic amines is 1. The van der Waals surface area contributed by atoms with Crippen LogP contribution in [0.5, 0.6) is 5.75 Å². The van der Waals surface area contributed by atoms with Crippen LogP contribution >= 0.6 is 11.8 Å². The van der Waals surface area contributed by atoms with Crippen molar-refractivity contribution in [3.05, 3.63) is 51.9 Å². The molecule has 0 bridgehead atoms. The topological polar surface area (TPSA) is 72.0 Å². The number of halogens is 3. The highest BCUT2D eigenvalue weighted by molar-refractivity contribution is 7.99. The molecule has 0 amide bonds. The lowest BCUT2D eigenvalue weighted by Gasteiger charge is -2.07. The van der Waals surface area contributed by atoms with Crippen LogP contribution in [0.2, 0.25) is 0 Å². The molecule has 0 radical (unpaired) electrons. The highest BCUT2D eigenvalue weighted by atomic mass is 32.2. The Hall–Kier alpha value is -2.29. The maximum atomic E-state index is 12.6. The van der Waals surface area contributed by atoms with Gasteiger partial charge in [-0.1, -0.05) is 11.8 Å². The van der Waals surface area contributed by atoms with Crippen molar-refractivity contribution in [1.82, 2.24) is 9.97 Å². The number of thioether (sulfide) groups is 1. The molecular weight excluding hydrogens is 333 g/mol. The fourth-order valence-corrected chi connectivity index (χ4v) is 2.41. The third kappa shape index (κ3) is 4.59. The summed E-state index contributed by atoms with van der Waals surface area (Å²) in [7, 11) is 1.49. The number of rotatable bonds is 5. The molecule has 0 aliphatic carbocycles. The van der Waals surface area contributed by atoms with Gasteiger partial charge >= 0.3 is 6.18 Å². The van der Waals surface area contributed by atoms with Gasteiger partial charge < -0.3 is 9.72 Å². The van der Waals surface area contributed by atoms with Crippen molar-refractivity contribution < 1.29 is 22.7 Å². The lowest BCUT2D eigenvalue weighted by Crippen LogP contribution is -2.17. The number of aromatic nitrogens is 2. The van der Waals surface area contributed by atoms with E-state index in [0.29, 0.717) is 17.4 Å². The van der Waals surface area contributed by atoms with Gasteiger partial charge in [-0.2, -0.15) is 13.2 Å². The second-order valence-electron chi connectivity index (χ2n) is 4.37. The molecule has 1 aromatic carbocycles. The Morgan fingerprint density at radius 1 is 1.30 bits per heavy atom. The van der Waals surface area contributed by atoms with Crippen LogP contribution in [0, 0.1) is 0 Å². The number of benzene rings is 1. The van der Waals surface area contributed by atoms with Gasteiger partial charge in [-0.15, -0.1) is 0 Å². The number of ketones is 1. The quantitative estimate of drug-likeness (QED) is 0.513. The Kier molecular flexibility index (Phi) is 5.09. The van der Waals surface area contributed by atoms with Gasteiger partial charge in [0.1, 0.15) is 5.75 Å². The summed E-state index contributed by atoms with van der Waals surface area (Å²) in [5, 5.41) is -0.258. The smallest absolute Gasteiger partial charge is 0.433 e. The molecule has 0 aliphatic rings. The Balaban J connectivity index is 2.09. The predicted molar refractivity (Wildman–Crippen MR) is 77.9 cm³/mol. The summed E-state index contributed by atoms with van der Waals surface area (Å²) in [4.78, 5) is 28.7. The zero-order valence-corrected chi connectivity index (χ0v) is 12.6. The lowest BCUT2D eigenvalue weighted by molar-refractivity contribution is -0.141. The Bertz CT molecular complexity index is 757. The van der Waals surface area contributed by atoms with E-state index in [1.165, 1.54) is 7.11 Å². The third-order valence-corrected chi connectivity index (χ3v) is 3.64. The Labute approximate surface area is 132 Å². The number of methoxy groups -OCH3 is 1. The highest BCUT2D eigenvalue weighted by Crippen LogP contribution is 2.27. The number of H-pyrrole nitrogens is 1. The SMILES string of the molecule is COc1ccc(C(=O)CSc2nc(C(F)(F)F)cc(=O)[nH]2)cc1. The highest BCUT2D eigenvalue weighted by Gasteiger charge is 2.33. The molecule has 1 N–H and O–H groups in total. The van der Waals surface area contributed by atoms with Gasteiger partial charge in [0.2, 0.25) is 0 Å². The van der Waals surface area contributed by atoms with E-state index in [9.17, 15) is 22.8 Å². The van der Waals surface area contributed by atoms with Crippen molar-refractivity contribution in [2.45, 2.75) is 11.3 Å². The van der Waals surface area contributed by atoms with Crippen LogP contribution < -0.4 is 10.3 Å². The van der Waals surface area contributed by atoms with Crippen molar-refractivity contribution >= 4 is 17.5 Å². The minimum Gasteiger partial charge on any atom is -0.497 e. The summed E-state index contributed by atoms with van der Waals surface area (Å²) in [6.45, 7) is 0. The van der Waals surface area contributed by atoms with Crippen LogP contribution in [0.3, 0.4) is 0 Å². The number of carbonyl (C=O) groups is 1. The molecule has 0 atom stereocenters. The first-order valence-corrected chi connectivity index (χ1v) is 7.27. The molecule has 1 heterocycles. The molecule has 2 aromatic rings. The first kappa shape index (κ1) is 17.1. The second-order valence-corrected chi connectivity index (χ2v) is 5.34. The van der Waals surface area contributed by atoms with E-state index in [-0.39, 0.29) is 16.7 Å². The standard InChI is InChI=1S/C14H11F3N2O3S/c1-22-9-4-2-8(3-5-9)10(20)7-23-13-18-11(14(15,16)17)6-12(21)19-13/h2-6H,7H2,1H3,(H,18,19,21). The zero-order valence-electron chi connectivity index (χ0n) is 11.8. The molecular formula is C14H11F3N2O3S. The number of hydrogen-bond acceptors (Lipinski definition) is 5. The van der Waals surface area contributed by atoms with E-state index in [1.807, 2.05) is 0 Å². The summed E-state index contributed by atoms with van der Waals surface area (Å²) in [6.07, 6.45) is -4.72. The van der Waals surface area contributed by atoms with Crippen molar-refractivity contribution in [3.8, 4) is 5.75 Å². The van der Waals surface area contributed by atoms with Crippen LogP contribution in [0.15, 0.2) is 40.3 Å². The van der Waals surface area contributed by atoms with Crippen LogP contribution in [0.1, 0.15) is 16.1 Å². The first-order chi connectivity index (χ1) is 10.8. The van der Waals surface area contributed by atoms with Crippen LogP contribution in [0.4, 0.5) is 13.2 Å². The number of carbonyl (C=O) groups excluding carboxylic acids is 1. The summed E-state index contributed by atoms with van der Waals surface area (Å²) in [6, 6.07) is 6.66. The average molecular weight is 344 g/mol. The number of nitrogens with zero attached hydrogens (tertiary/aromatic N) is 1. The maximum Gasteiger partial charge on any atom is 0.433 e. The van der Waals surface area contributed by atoms with E-state index in [0.717, 1.165) is 11.8 Å². The molecule has 0 spiro atoms. The normalized spacial score (nSPS) is 11.3. The monoisotopic (exact) mass is 344 g/mol. The molecule has 5 nitrogen and oxygen atoms in total. The van der Waals surface area contributed by atoms with Crippen molar-refractivity contribution in [3.63, 3.8) is 0 Å². The second kappa shape index (κ2) is 6.86. The first-order valence-electron chi connectivity index (χ1n) is 6.28. The third-order valence-electron chi connectivity index (χ3n) is 2.76. The molecule has 0 fully saturated rings. The summed E-state index contributed by atoms with van der Waals surface area (Å²) in [5.41, 5.74) is -1.83. The number of ether oxygens (including phenoxy) is 1. The molecule has 1 aromatic heterocycles. The average Bonchev–Trinajstić information content (AvgIpc) is 2.51. The number of Topliss-reactive ketones (excluding diaryl/α,β-unsaturated/α-hetero) is 1. The number of hydrogen-bond donors (Lipinski definition) is 1. The van der Waals surface area contributed by atoms with Gasteiger partial charge in [-0.05, 0) is 24.3 Å². The van der Waals surface area contributed by atoms with Crippen molar-refractivity contribution in [2.75, 3.05) is 12.9 Å². The van der Waals surface area contributed by atoms with Gasteiger partial charge in [-0.25, -0.2) is 4.98 Å². The van der Waals surface area contributed by atoms with E-state index >= 15 is 0 Å². The van der Waals surface area contributed by atoms with Gasteiger partial charge in [0.15, 0.2) is 16.6 Å². The molecule has 0 aliphatic heterocycles. The van der Waals surface area contributed by atoms with Crippen LogP contribution in [-0.2, 0) is 6.18 Å². The summed E-state index contributed by atoms with van der Waals surface area (Å²) < 4.78 is 42.7. The predicted octanol–water partition coefficient (Wildman–Crippen LogP) is 2.77. The number of nitrogens with one attached hydrogen (secondary N) is 1. The molecule has 0 unspecified atom stereocenters. The minimum absolute atomic E-state index is 0.156. The van der Waals surface area contributed by atoms with Crippen LogP contribution in [-0.4, -0.2) is 28.6 Å². The molecule has 0 saturated carbocycles. The Morgan fingerprint density at radius 3 is 2.52 bits per heavy atom. The molecule has 122 valence electrons. The fraction of sp³-hybridized carbons (Fsp3) is 0.214. The summed E-state index contributed by atoms with van der Waals surface area (Å²) in [5.74, 6) is 0.118. The van der Waals surface area contributed by atoms with Gasteiger partial charge in [0.25, 0.3) is 5.56 Å². The molecule has 0 saturated heterocycles. The lowest BCUT2D eigenvalue weighted by atomic mass is 10.1.